The van der Waals surface area contributed by atoms with Crippen molar-refractivity contribution < 1.29 is 22.6 Å². The van der Waals surface area contributed by atoms with Crippen LogP contribution in [0.4, 0.5) is 0 Å². The van der Waals surface area contributed by atoms with Crippen molar-refractivity contribution in [3.05, 3.63) is 42.5 Å². The van der Waals surface area contributed by atoms with Gasteiger partial charge in [-0.05, 0) is 18.6 Å². The largest absolute Gasteiger partial charge is 0.492 e. The Morgan fingerprint density at radius 3 is 2.54 bits per heavy atom. The second kappa shape index (κ2) is 8.33. The Hall–Kier alpha value is -2.39. The highest BCUT2D eigenvalue weighted by molar-refractivity contribution is 7.89. The lowest BCUT2D eigenvalue weighted by Crippen LogP contribution is -2.34. The summed E-state index contributed by atoms with van der Waals surface area (Å²) in [6.45, 7) is 0.821. The summed E-state index contributed by atoms with van der Waals surface area (Å²) in [5.41, 5.74) is 0. The first-order valence-electron chi connectivity index (χ1n) is 8.27. The summed E-state index contributed by atoms with van der Waals surface area (Å²) in [7, 11) is -1.89. The van der Waals surface area contributed by atoms with Crippen LogP contribution in [0.2, 0.25) is 0 Å². The number of ether oxygens (including phenoxy) is 3. The number of aromatic nitrogens is 2. The Kier molecular flexibility index (Phi) is 5.89. The molecule has 1 aromatic carbocycles. The van der Waals surface area contributed by atoms with Crippen molar-refractivity contribution in [1.29, 1.82) is 0 Å². The average Bonchev–Trinajstić information content (AvgIpc) is 3.13. The molecule has 1 saturated heterocycles. The first-order valence-corrected chi connectivity index (χ1v) is 9.88. The fourth-order valence-electron chi connectivity index (χ4n) is 2.61. The van der Waals surface area contributed by atoms with Gasteiger partial charge in [0.25, 0.3) is 0 Å². The predicted octanol–water partition coefficient (Wildman–Crippen LogP) is 1.35. The van der Waals surface area contributed by atoms with Crippen molar-refractivity contribution in [3.8, 4) is 17.5 Å². The van der Waals surface area contributed by atoms with Gasteiger partial charge in [0.1, 0.15) is 18.5 Å². The van der Waals surface area contributed by atoms with Crippen LogP contribution in [0.25, 0.3) is 0 Å². The molecule has 1 aliphatic heterocycles. The van der Waals surface area contributed by atoms with Crippen molar-refractivity contribution in [1.82, 2.24) is 14.5 Å². The molecule has 1 atom stereocenters. The maximum atomic E-state index is 12.5. The molecule has 2 aromatic rings. The molecule has 0 N–H and O–H groups in total. The molecule has 1 unspecified atom stereocenters. The molecule has 8 nitrogen and oxygen atoms in total. The standard InChI is InChI=1S/C17H21N3O5S/c1-23-16-7-8-17(19-18-16)25-15-9-10-20(13-15)26(21,22)12-11-24-14-5-3-2-4-6-14/h2-8,15H,9-13H2,1H3. The summed E-state index contributed by atoms with van der Waals surface area (Å²) >= 11 is 0. The van der Waals surface area contributed by atoms with Crippen molar-refractivity contribution in [2.45, 2.75) is 12.5 Å². The van der Waals surface area contributed by atoms with Gasteiger partial charge in [0, 0.05) is 18.7 Å². The Balaban J connectivity index is 1.48. The van der Waals surface area contributed by atoms with E-state index in [4.69, 9.17) is 14.2 Å². The summed E-state index contributed by atoms with van der Waals surface area (Å²) < 4.78 is 42.5. The molecule has 3 rings (SSSR count). The second-order valence-electron chi connectivity index (χ2n) is 5.78. The van der Waals surface area contributed by atoms with E-state index in [9.17, 15) is 8.42 Å². The van der Waals surface area contributed by atoms with Crippen molar-refractivity contribution in [2.75, 3.05) is 32.6 Å². The fourth-order valence-corrected chi connectivity index (χ4v) is 3.94. The quantitative estimate of drug-likeness (QED) is 0.684. The topological polar surface area (TPSA) is 90.9 Å². The van der Waals surface area contributed by atoms with Crippen LogP contribution in [0, 0.1) is 0 Å². The number of sulfonamides is 1. The molecule has 0 spiro atoms. The fraction of sp³-hybridized carbons (Fsp3) is 0.412. The van der Waals surface area contributed by atoms with Gasteiger partial charge in [-0.2, -0.15) is 4.31 Å². The zero-order valence-corrected chi connectivity index (χ0v) is 15.3. The Bertz CT molecular complexity index is 799. The number of hydrogen-bond acceptors (Lipinski definition) is 7. The van der Waals surface area contributed by atoms with Crippen LogP contribution in [-0.4, -0.2) is 61.6 Å². The van der Waals surface area contributed by atoms with Gasteiger partial charge in [0.2, 0.25) is 21.8 Å². The molecule has 140 valence electrons. The lowest BCUT2D eigenvalue weighted by molar-refractivity contribution is 0.203. The van der Waals surface area contributed by atoms with Gasteiger partial charge in [-0.25, -0.2) is 8.42 Å². The summed E-state index contributed by atoms with van der Waals surface area (Å²) in [4.78, 5) is 0. The molecule has 0 bridgehead atoms. The summed E-state index contributed by atoms with van der Waals surface area (Å²) in [5, 5.41) is 7.73. The third kappa shape index (κ3) is 4.83. The van der Waals surface area contributed by atoms with Crippen LogP contribution in [0.5, 0.6) is 17.5 Å². The summed E-state index contributed by atoms with van der Waals surface area (Å²) in [5.74, 6) is 1.33. The molecular formula is C17H21N3O5S. The van der Waals surface area contributed by atoms with E-state index in [0.717, 1.165) is 0 Å². The van der Waals surface area contributed by atoms with E-state index in [1.54, 1.807) is 24.3 Å². The summed E-state index contributed by atoms with van der Waals surface area (Å²) in [6.07, 6.45) is 0.356. The van der Waals surface area contributed by atoms with Crippen LogP contribution in [0.15, 0.2) is 42.5 Å². The van der Waals surface area contributed by atoms with Gasteiger partial charge in [0.15, 0.2) is 0 Å². The van der Waals surface area contributed by atoms with Crippen molar-refractivity contribution >= 4 is 10.0 Å². The first-order chi connectivity index (χ1) is 12.6. The smallest absolute Gasteiger partial charge is 0.233 e. The van der Waals surface area contributed by atoms with E-state index >= 15 is 0 Å². The molecule has 9 heteroatoms. The van der Waals surface area contributed by atoms with Crippen LogP contribution < -0.4 is 14.2 Å². The highest BCUT2D eigenvalue weighted by Gasteiger charge is 2.32. The van der Waals surface area contributed by atoms with Crippen LogP contribution in [0.1, 0.15) is 6.42 Å². The molecule has 26 heavy (non-hydrogen) atoms. The molecule has 1 fully saturated rings. The third-order valence-electron chi connectivity index (χ3n) is 3.97. The van der Waals surface area contributed by atoms with Crippen LogP contribution in [0.3, 0.4) is 0 Å². The number of methoxy groups -OCH3 is 1. The Morgan fingerprint density at radius 1 is 1.12 bits per heavy atom. The van der Waals surface area contributed by atoms with Gasteiger partial charge in [0.05, 0.1) is 19.4 Å². The van der Waals surface area contributed by atoms with E-state index in [1.165, 1.54) is 11.4 Å². The van der Waals surface area contributed by atoms with E-state index in [0.29, 0.717) is 37.0 Å². The van der Waals surface area contributed by atoms with Crippen molar-refractivity contribution in [2.24, 2.45) is 0 Å². The van der Waals surface area contributed by atoms with E-state index in [-0.39, 0.29) is 18.5 Å². The highest BCUT2D eigenvalue weighted by Crippen LogP contribution is 2.20. The lowest BCUT2D eigenvalue weighted by atomic mass is 10.3. The molecule has 2 heterocycles. The minimum atomic E-state index is -3.39. The van der Waals surface area contributed by atoms with Gasteiger partial charge in [-0.3, -0.25) is 0 Å². The van der Waals surface area contributed by atoms with Crippen molar-refractivity contribution in [3.63, 3.8) is 0 Å². The molecular weight excluding hydrogens is 358 g/mol. The Morgan fingerprint density at radius 2 is 1.85 bits per heavy atom. The highest BCUT2D eigenvalue weighted by atomic mass is 32.2. The zero-order valence-electron chi connectivity index (χ0n) is 14.4. The second-order valence-corrected chi connectivity index (χ2v) is 7.87. The Labute approximate surface area is 152 Å². The van der Waals surface area contributed by atoms with Gasteiger partial charge >= 0.3 is 0 Å². The van der Waals surface area contributed by atoms with Gasteiger partial charge < -0.3 is 14.2 Å². The average molecular weight is 379 g/mol. The van der Waals surface area contributed by atoms with Gasteiger partial charge in [-0.15, -0.1) is 10.2 Å². The lowest BCUT2D eigenvalue weighted by Gasteiger charge is -2.17. The number of nitrogens with zero attached hydrogens (tertiary/aromatic N) is 3. The number of para-hydroxylation sites is 1. The van der Waals surface area contributed by atoms with Crippen LogP contribution in [-0.2, 0) is 10.0 Å². The third-order valence-corrected chi connectivity index (χ3v) is 5.77. The molecule has 1 aromatic heterocycles. The van der Waals surface area contributed by atoms with E-state index in [1.807, 2.05) is 18.2 Å². The first kappa shape index (κ1) is 18.4. The normalized spacial score (nSPS) is 17.8. The maximum absolute atomic E-state index is 12.5. The maximum Gasteiger partial charge on any atom is 0.233 e. The molecule has 0 saturated carbocycles. The zero-order chi connectivity index (χ0) is 18.4. The predicted molar refractivity (Wildman–Crippen MR) is 94.9 cm³/mol. The molecule has 0 radical (unpaired) electrons. The number of benzene rings is 1. The molecule has 0 amide bonds. The number of rotatable bonds is 8. The SMILES string of the molecule is COc1ccc(OC2CCN(S(=O)(=O)CCOc3ccccc3)C2)nn1. The molecule has 0 aliphatic carbocycles. The number of hydrogen-bond donors (Lipinski definition) is 0. The summed E-state index contributed by atoms with van der Waals surface area (Å²) in [6, 6.07) is 12.4. The van der Waals surface area contributed by atoms with Crippen LogP contribution >= 0.6 is 0 Å². The van der Waals surface area contributed by atoms with Gasteiger partial charge in [-0.1, -0.05) is 18.2 Å². The van der Waals surface area contributed by atoms with E-state index in [2.05, 4.69) is 10.2 Å². The minimum absolute atomic E-state index is 0.0725. The minimum Gasteiger partial charge on any atom is -0.492 e. The molecule has 1 aliphatic rings. The van der Waals surface area contributed by atoms with E-state index < -0.39 is 10.0 Å². The monoisotopic (exact) mass is 379 g/mol.